The quantitative estimate of drug-likeness (QED) is 0.184. The lowest BCUT2D eigenvalue weighted by molar-refractivity contribution is 1.17. The molecule has 0 spiro atoms. The van der Waals surface area contributed by atoms with Crippen LogP contribution in [0.5, 0.6) is 0 Å². The van der Waals surface area contributed by atoms with Gasteiger partial charge in [-0.05, 0) is 84.4 Å². The standard InChI is InChI=1S/C50H29N5/c51-30-33-26-27-36(29-41(33)32-12-9-14-35(28-32)53-44-21-7-3-17-39(44)49-34(31-52)13-10-23-46(49)53)54-45-22-8-4-18-40(45)50-47(54)24-11-25-48(50)55-42-19-5-1-15-37(42)38-16-2-6-20-43(38)55/h1-29H. The van der Waals surface area contributed by atoms with Crippen molar-refractivity contribution in [2.24, 2.45) is 0 Å². The summed E-state index contributed by atoms with van der Waals surface area (Å²) >= 11 is 0. The van der Waals surface area contributed by atoms with Crippen molar-refractivity contribution in [1.29, 1.82) is 10.5 Å². The molecule has 0 aliphatic rings. The van der Waals surface area contributed by atoms with E-state index in [4.69, 9.17) is 0 Å². The highest BCUT2D eigenvalue weighted by molar-refractivity contribution is 6.16. The topological polar surface area (TPSA) is 62.4 Å². The minimum Gasteiger partial charge on any atom is -0.309 e. The van der Waals surface area contributed by atoms with Gasteiger partial charge >= 0.3 is 0 Å². The molecule has 3 heterocycles. The van der Waals surface area contributed by atoms with Crippen molar-refractivity contribution in [1.82, 2.24) is 13.7 Å². The lowest BCUT2D eigenvalue weighted by atomic mass is 9.99. The lowest BCUT2D eigenvalue weighted by Crippen LogP contribution is -1.98. The second-order valence-corrected chi connectivity index (χ2v) is 13.9. The largest absolute Gasteiger partial charge is 0.309 e. The molecular weight excluding hydrogens is 671 g/mol. The van der Waals surface area contributed by atoms with E-state index in [1.54, 1.807) is 0 Å². The Morgan fingerprint density at radius 3 is 1.47 bits per heavy atom. The fourth-order valence-corrected chi connectivity index (χ4v) is 8.86. The van der Waals surface area contributed by atoms with E-state index in [1.807, 2.05) is 36.4 Å². The number of rotatable bonds is 4. The summed E-state index contributed by atoms with van der Waals surface area (Å²) in [6.07, 6.45) is 0. The Morgan fingerprint density at radius 1 is 0.345 bits per heavy atom. The summed E-state index contributed by atoms with van der Waals surface area (Å²) in [7, 11) is 0. The summed E-state index contributed by atoms with van der Waals surface area (Å²) in [5, 5.41) is 27.2. The van der Waals surface area contributed by atoms with Crippen molar-refractivity contribution in [3.8, 4) is 40.3 Å². The third-order valence-corrected chi connectivity index (χ3v) is 11.1. The molecule has 0 bridgehead atoms. The molecule has 11 aromatic rings. The summed E-state index contributed by atoms with van der Waals surface area (Å²) < 4.78 is 6.94. The van der Waals surface area contributed by atoms with Gasteiger partial charge in [-0.15, -0.1) is 0 Å². The van der Waals surface area contributed by atoms with E-state index < -0.39 is 0 Å². The molecule has 0 amide bonds. The van der Waals surface area contributed by atoms with E-state index in [1.165, 1.54) is 27.2 Å². The summed E-state index contributed by atoms with van der Waals surface area (Å²) in [6, 6.07) is 65.9. The smallest absolute Gasteiger partial charge is 0.0998 e. The second-order valence-electron chi connectivity index (χ2n) is 13.9. The van der Waals surface area contributed by atoms with Gasteiger partial charge in [-0.1, -0.05) is 97.1 Å². The molecule has 0 saturated carbocycles. The Balaban J connectivity index is 1.14. The number of nitriles is 2. The molecule has 0 fully saturated rings. The summed E-state index contributed by atoms with van der Waals surface area (Å²) in [5.74, 6) is 0. The fourth-order valence-electron chi connectivity index (χ4n) is 8.86. The Labute approximate surface area is 316 Å². The Kier molecular flexibility index (Phi) is 6.61. The van der Waals surface area contributed by atoms with Crippen LogP contribution in [0, 0.1) is 22.7 Å². The number of aromatic nitrogens is 3. The first kappa shape index (κ1) is 30.7. The maximum absolute atomic E-state index is 10.5. The number of fused-ring (bicyclic) bond motifs is 9. The van der Waals surface area contributed by atoms with Gasteiger partial charge in [-0.25, -0.2) is 0 Å². The van der Waals surface area contributed by atoms with Gasteiger partial charge in [-0.2, -0.15) is 10.5 Å². The molecule has 0 aliphatic carbocycles. The van der Waals surface area contributed by atoms with Gasteiger partial charge in [0.2, 0.25) is 0 Å². The van der Waals surface area contributed by atoms with Crippen molar-refractivity contribution in [3.05, 3.63) is 187 Å². The maximum atomic E-state index is 10.5. The van der Waals surface area contributed by atoms with Crippen molar-refractivity contribution >= 4 is 65.4 Å². The van der Waals surface area contributed by atoms with E-state index in [0.717, 1.165) is 66.4 Å². The fraction of sp³-hybridized carbons (Fsp3) is 0. The Hall–Kier alpha value is -7.86. The molecule has 8 aromatic carbocycles. The van der Waals surface area contributed by atoms with Gasteiger partial charge in [0.1, 0.15) is 0 Å². The third-order valence-electron chi connectivity index (χ3n) is 11.1. The first-order valence-corrected chi connectivity index (χ1v) is 18.3. The van der Waals surface area contributed by atoms with Gasteiger partial charge < -0.3 is 13.7 Å². The SMILES string of the molecule is N#Cc1ccc(-n2c3ccccc3c3c(-n4c5ccccc5c5ccccc54)cccc32)cc1-c1cccc(-n2c3ccccc3c3c(C#N)cccc32)c1. The molecule has 3 aromatic heterocycles. The summed E-state index contributed by atoms with van der Waals surface area (Å²) in [4.78, 5) is 0. The second kappa shape index (κ2) is 11.8. The molecule has 55 heavy (non-hydrogen) atoms. The number of nitrogens with zero attached hydrogens (tertiary/aromatic N) is 5. The van der Waals surface area contributed by atoms with Crippen LogP contribution in [0.4, 0.5) is 0 Å². The number of hydrogen-bond acceptors (Lipinski definition) is 2. The van der Waals surface area contributed by atoms with Gasteiger partial charge in [0.25, 0.3) is 0 Å². The lowest BCUT2D eigenvalue weighted by Gasteiger charge is -2.14. The predicted molar refractivity (Wildman–Crippen MR) is 224 cm³/mol. The van der Waals surface area contributed by atoms with Gasteiger partial charge in [0.05, 0.1) is 62.1 Å². The van der Waals surface area contributed by atoms with Crippen molar-refractivity contribution in [2.75, 3.05) is 0 Å². The van der Waals surface area contributed by atoms with Crippen molar-refractivity contribution in [3.63, 3.8) is 0 Å². The van der Waals surface area contributed by atoms with Crippen LogP contribution in [0.2, 0.25) is 0 Å². The molecule has 11 rings (SSSR count). The summed E-state index contributed by atoms with van der Waals surface area (Å²) in [6.45, 7) is 0. The number of para-hydroxylation sites is 4. The van der Waals surface area contributed by atoms with Crippen LogP contribution in [0.15, 0.2) is 176 Å². The van der Waals surface area contributed by atoms with E-state index in [-0.39, 0.29) is 0 Å². The van der Waals surface area contributed by atoms with Crippen LogP contribution in [0.25, 0.3) is 93.6 Å². The average Bonchev–Trinajstić information content (AvgIpc) is 3.89. The first-order valence-electron chi connectivity index (χ1n) is 18.3. The molecule has 0 N–H and O–H groups in total. The van der Waals surface area contributed by atoms with Crippen LogP contribution < -0.4 is 0 Å². The molecule has 5 heteroatoms. The van der Waals surface area contributed by atoms with Gasteiger partial charge in [0.15, 0.2) is 0 Å². The van der Waals surface area contributed by atoms with Crippen LogP contribution in [-0.4, -0.2) is 13.7 Å². The zero-order valence-corrected chi connectivity index (χ0v) is 29.5. The van der Waals surface area contributed by atoms with E-state index in [9.17, 15) is 10.5 Å². The molecule has 0 aliphatic heterocycles. The zero-order chi connectivity index (χ0) is 36.6. The minimum atomic E-state index is 0.599. The number of hydrogen-bond donors (Lipinski definition) is 0. The molecule has 0 radical (unpaired) electrons. The highest BCUT2D eigenvalue weighted by atomic mass is 15.0. The van der Waals surface area contributed by atoms with Crippen molar-refractivity contribution < 1.29 is 0 Å². The maximum Gasteiger partial charge on any atom is 0.0998 e. The summed E-state index contributed by atoms with van der Waals surface area (Å²) in [5.41, 5.74) is 12.6. The molecule has 0 saturated heterocycles. The third kappa shape index (κ3) is 4.39. The van der Waals surface area contributed by atoms with Crippen LogP contribution in [0.1, 0.15) is 11.1 Å². The molecule has 254 valence electrons. The van der Waals surface area contributed by atoms with E-state index >= 15 is 0 Å². The molecule has 5 nitrogen and oxygen atoms in total. The highest BCUT2D eigenvalue weighted by Gasteiger charge is 2.21. The normalized spacial score (nSPS) is 11.6. The monoisotopic (exact) mass is 699 g/mol. The zero-order valence-electron chi connectivity index (χ0n) is 29.5. The van der Waals surface area contributed by atoms with Crippen LogP contribution >= 0.6 is 0 Å². The van der Waals surface area contributed by atoms with Gasteiger partial charge in [0, 0.05) is 49.3 Å². The average molecular weight is 700 g/mol. The molecular formula is C50H29N5. The van der Waals surface area contributed by atoms with Gasteiger partial charge in [-0.3, -0.25) is 0 Å². The van der Waals surface area contributed by atoms with Crippen molar-refractivity contribution in [2.45, 2.75) is 0 Å². The first-order chi connectivity index (χ1) is 27.2. The van der Waals surface area contributed by atoms with E-state index in [2.05, 4.69) is 165 Å². The predicted octanol–water partition coefficient (Wildman–Crippen LogP) is 12.4. The molecule has 0 unspecified atom stereocenters. The van der Waals surface area contributed by atoms with E-state index in [0.29, 0.717) is 11.1 Å². The number of benzene rings is 8. The van der Waals surface area contributed by atoms with Crippen LogP contribution in [0.3, 0.4) is 0 Å². The Bertz CT molecular complexity index is 3420. The Morgan fingerprint density at radius 2 is 0.836 bits per heavy atom. The molecule has 0 atom stereocenters. The highest BCUT2D eigenvalue weighted by Crippen LogP contribution is 2.41. The van der Waals surface area contributed by atoms with Crippen LogP contribution in [-0.2, 0) is 0 Å². The minimum absolute atomic E-state index is 0.599.